The third-order valence-corrected chi connectivity index (χ3v) is 4.97. The third-order valence-electron chi connectivity index (χ3n) is 4.97. The number of methoxy groups -OCH3 is 1. The Morgan fingerprint density at radius 3 is 2.44 bits per heavy atom. The summed E-state index contributed by atoms with van der Waals surface area (Å²) < 4.78 is 5.15. The van der Waals surface area contributed by atoms with Gasteiger partial charge in [-0.05, 0) is 54.8 Å². The van der Waals surface area contributed by atoms with Crippen LogP contribution in [-0.4, -0.2) is 17.9 Å². The average Bonchev–Trinajstić information content (AvgIpc) is 3.24. The lowest BCUT2D eigenvalue weighted by atomic mass is 9.94. The number of hydrogen-bond acceptors (Lipinski definition) is 3. The van der Waals surface area contributed by atoms with Gasteiger partial charge in [0.2, 0.25) is 0 Å². The molecule has 1 atom stereocenters. The Labute approximate surface area is 158 Å². The molecule has 0 aliphatic carbocycles. The van der Waals surface area contributed by atoms with Crippen molar-refractivity contribution in [2.75, 3.05) is 7.11 Å². The molecular weight excluding hydrogens is 336 g/mol. The van der Waals surface area contributed by atoms with Crippen LogP contribution in [-0.2, 0) is 0 Å². The van der Waals surface area contributed by atoms with Gasteiger partial charge in [-0.2, -0.15) is 0 Å². The summed E-state index contributed by atoms with van der Waals surface area (Å²) in [5.74, 6) is 0.823. The Kier molecular flexibility index (Phi) is 4.79. The zero-order chi connectivity index (χ0) is 18.6. The molecule has 1 aliphatic heterocycles. The minimum absolute atomic E-state index is 0.0695. The van der Waals surface area contributed by atoms with Gasteiger partial charge in [0.05, 0.1) is 13.2 Å². The van der Waals surface area contributed by atoms with Crippen molar-refractivity contribution in [1.29, 1.82) is 0 Å². The zero-order valence-electron chi connectivity index (χ0n) is 15.2. The van der Waals surface area contributed by atoms with Crippen molar-refractivity contribution in [2.45, 2.75) is 18.9 Å². The van der Waals surface area contributed by atoms with Crippen LogP contribution in [0.25, 0.3) is 11.3 Å². The molecule has 2 aromatic carbocycles. The van der Waals surface area contributed by atoms with Crippen LogP contribution < -0.4 is 10.1 Å². The summed E-state index contributed by atoms with van der Waals surface area (Å²) in [6, 6.07) is 21.9. The van der Waals surface area contributed by atoms with E-state index in [0.29, 0.717) is 5.56 Å². The van der Waals surface area contributed by atoms with Gasteiger partial charge in [0.15, 0.2) is 5.78 Å². The number of nitrogens with one attached hydrogen (secondary N) is 2. The van der Waals surface area contributed by atoms with Gasteiger partial charge in [0.25, 0.3) is 0 Å². The fourth-order valence-corrected chi connectivity index (χ4v) is 3.41. The Morgan fingerprint density at radius 1 is 1.00 bits per heavy atom. The molecule has 4 heteroatoms. The normalized spacial score (nSPS) is 16.3. The van der Waals surface area contributed by atoms with Crippen LogP contribution in [0, 0.1) is 0 Å². The molecule has 1 aromatic heterocycles. The minimum Gasteiger partial charge on any atom is -0.497 e. The maximum atomic E-state index is 12.7. The first kappa shape index (κ1) is 17.2. The molecule has 0 saturated heterocycles. The molecular formula is C23H22N2O2. The lowest BCUT2D eigenvalue weighted by Crippen LogP contribution is -2.23. The number of Topliss-reactive ketones (excluding diaryl/α,β-unsaturated/α-hetero) is 1. The van der Waals surface area contributed by atoms with E-state index in [1.165, 1.54) is 5.56 Å². The van der Waals surface area contributed by atoms with Crippen molar-refractivity contribution in [1.82, 2.24) is 10.3 Å². The summed E-state index contributed by atoms with van der Waals surface area (Å²) >= 11 is 0. The van der Waals surface area contributed by atoms with Crippen LogP contribution in [0.15, 0.2) is 78.5 Å². The highest BCUT2D eigenvalue weighted by molar-refractivity contribution is 6.08. The number of benzene rings is 2. The molecule has 0 bridgehead atoms. The molecule has 1 unspecified atom stereocenters. The first-order valence-corrected chi connectivity index (χ1v) is 9.13. The van der Waals surface area contributed by atoms with Gasteiger partial charge in [-0.15, -0.1) is 0 Å². The SMILES string of the molecule is COc1ccc(C(=O)C2=CNC(c3ccc(-c4ccccc4)[nH]3)CC2)cc1. The fraction of sp³-hybridized carbons (Fsp3) is 0.174. The van der Waals surface area contributed by atoms with Crippen molar-refractivity contribution < 1.29 is 9.53 Å². The van der Waals surface area contributed by atoms with E-state index in [-0.39, 0.29) is 11.8 Å². The van der Waals surface area contributed by atoms with Crippen LogP contribution in [0.4, 0.5) is 0 Å². The monoisotopic (exact) mass is 358 g/mol. The van der Waals surface area contributed by atoms with Gasteiger partial charge in [0, 0.05) is 28.7 Å². The van der Waals surface area contributed by atoms with Crippen molar-refractivity contribution in [2.24, 2.45) is 0 Å². The van der Waals surface area contributed by atoms with Gasteiger partial charge in [-0.1, -0.05) is 30.3 Å². The molecule has 2 N–H and O–H groups in total. The highest BCUT2D eigenvalue weighted by Crippen LogP contribution is 2.28. The molecule has 0 spiro atoms. The Bertz CT molecular complexity index is 956. The molecule has 2 heterocycles. The predicted molar refractivity (Wildman–Crippen MR) is 107 cm³/mol. The van der Waals surface area contributed by atoms with Gasteiger partial charge in [-0.25, -0.2) is 0 Å². The van der Waals surface area contributed by atoms with E-state index >= 15 is 0 Å². The molecule has 0 saturated carbocycles. The van der Waals surface area contributed by atoms with E-state index < -0.39 is 0 Å². The number of aromatic nitrogens is 1. The van der Waals surface area contributed by atoms with Crippen molar-refractivity contribution >= 4 is 5.78 Å². The van der Waals surface area contributed by atoms with Gasteiger partial charge in [0.1, 0.15) is 5.75 Å². The van der Waals surface area contributed by atoms with Gasteiger partial charge in [-0.3, -0.25) is 4.79 Å². The maximum absolute atomic E-state index is 12.7. The molecule has 1 aliphatic rings. The fourth-order valence-electron chi connectivity index (χ4n) is 3.41. The molecule has 3 aromatic rings. The van der Waals surface area contributed by atoms with Crippen molar-refractivity contribution in [3.05, 3.63) is 89.8 Å². The van der Waals surface area contributed by atoms with E-state index in [2.05, 4.69) is 34.6 Å². The van der Waals surface area contributed by atoms with E-state index in [1.54, 1.807) is 7.11 Å². The zero-order valence-corrected chi connectivity index (χ0v) is 15.2. The second-order valence-corrected chi connectivity index (χ2v) is 6.68. The summed E-state index contributed by atoms with van der Waals surface area (Å²) in [7, 11) is 1.62. The van der Waals surface area contributed by atoms with Crippen LogP contribution in [0.5, 0.6) is 5.75 Å². The average molecular weight is 358 g/mol. The minimum atomic E-state index is 0.0695. The van der Waals surface area contributed by atoms with Crippen molar-refractivity contribution in [3.63, 3.8) is 0 Å². The first-order valence-electron chi connectivity index (χ1n) is 9.13. The number of carbonyl (C=O) groups is 1. The van der Waals surface area contributed by atoms with E-state index in [9.17, 15) is 4.79 Å². The summed E-state index contributed by atoms with van der Waals surface area (Å²) in [6.45, 7) is 0. The lowest BCUT2D eigenvalue weighted by Gasteiger charge is -2.23. The van der Waals surface area contributed by atoms with Crippen LogP contribution >= 0.6 is 0 Å². The number of ketones is 1. The molecule has 0 amide bonds. The summed E-state index contributed by atoms with van der Waals surface area (Å²) in [5, 5.41) is 3.38. The second kappa shape index (κ2) is 7.54. The van der Waals surface area contributed by atoms with E-state index in [4.69, 9.17) is 4.74 Å². The lowest BCUT2D eigenvalue weighted by molar-refractivity contribution is 0.102. The summed E-state index contributed by atoms with van der Waals surface area (Å²) in [4.78, 5) is 16.2. The number of allylic oxidation sites excluding steroid dienone is 1. The molecule has 27 heavy (non-hydrogen) atoms. The standard InChI is InChI=1S/C23H22N2O2/c1-27-19-10-7-17(8-11-19)23(26)18-9-12-21(24-15-18)22-14-13-20(25-22)16-5-3-2-4-6-16/h2-8,10-11,13-15,21,24-25H,9,12H2,1H3. The smallest absolute Gasteiger partial charge is 0.190 e. The van der Waals surface area contributed by atoms with Crippen LogP contribution in [0.1, 0.15) is 34.9 Å². The molecule has 0 radical (unpaired) electrons. The number of H-pyrrole nitrogens is 1. The summed E-state index contributed by atoms with van der Waals surface area (Å²) in [5.41, 5.74) is 4.92. The Morgan fingerprint density at radius 2 is 1.78 bits per heavy atom. The first-order chi connectivity index (χ1) is 13.2. The highest BCUT2D eigenvalue weighted by atomic mass is 16.5. The third kappa shape index (κ3) is 3.65. The van der Waals surface area contributed by atoms with Crippen LogP contribution in [0.3, 0.4) is 0 Å². The van der Waals surface area contributed by atoms with Gasteiger partial charge < -0.3 is 15.0 Å². The maximum Gasteiger partial charge on any atom is 0.190 e. The number of ether oxygens (including phenoxy) is 1. The van der Waals surface area contributed by atoms with Crippen molar-refractivity contribution in [3.8, 4) is 17.0 Å². The topological polar surface area (TPSA) is 54.1 Å². The number of carbonyl (C=O) groups excluding carboxylic acids is 1. The largest absolute Gasteiger partial charge is 0.497 e. The molecule has 136 valence electrons. The number of rotatable bonds is 5. The predicted octanol–water partition coefficient (Wildman–Crippen LogP) is 4.88. The molecule has 0 fully saturated rings. The number of aromatic amines is 1. The van der Waals surface area contributed by atoms with E-state index in [0.717, 1.165) is 35.6 Å². The summed E-state index contributed by atoms with van der Waals surface area (Å²) in [6.07, 6.45) is 3.49. The molecule has 4 rings (SSSR count). The van der Waals surface area contributed by atoms with Crippen LogP contribution in [0.2, 0.25) is 0 Å². The Balaban J connectivity index is 1.45. The molecule has 4 nitrogen and oxygen atoms in total. The Hall–Kier alpha value is -3.27. The number of hydrogen-bond donors (Lipinski definition) is 2. The second-order valence-electron chi connectivity index (χ2n) is 6.68. The highest BCUT2D eigenvalue weighted by Gasteiger charge is 2.21. The van der Waals surface area contributed by atoms with Gasteiger partial charge >= 0.3 is 0 Å². The quantitative estimate of drug-likeness (QED) is 0.639. The van der Waals surface area contributed by atoms with E-state index in [1.807, 2.05) is 48.7 Å².